The standard InChI is InChI=1S/C26H27N5O4/c1-16-23(24(32)30(29-16)20-13-11-18(12-14-20)26(2,3)4)28-27-19-8-5-7-17(15-19)21-9-6-10-22(25(33)34)31(21)35/h5-15,22,29,35H,1-4H3,(H,33,34). The van der Waals surface area contributed by atoms with E-state index < -0.39 is 12.0 Å². The maximum absolute atomic E-state index is 13.0. The number of hydroxylamine groups is 2. The molecule has 9 heteroatoms. The van der Waals surface area contributed by atoms with Crippen LogP contribution in [0.25, 0.3) is 11.4 Å². The minimum atomic E-state index is -1.18. The van der Waals surface area contributed by atoms with E-state index in [-0.39, 0.29) is 16.7 Å². The Morgan fingerprint density at radius 3 is 2.46 bits per heavy atom. The zero-order valence-electron chi connectivity index (χ0n) is 19.9. The highest BCUT2D eigenvalue weighted by Crippen LogP contribution is 2.28. The summed E-state index contributed by atoms with van der Waals surface area (Å²) in [6, 6.07) is 13.4. The van der Waals surface area contributed by atoms with Crippen LogP contribution in [0.3, 0.4) is 0 Å². The molecule has 3 aromatic rings. The van der Waals surface area contributed by atoms with Crippen LogP contribution in [0.4, 0.5) is 11.4 Å². The molecule has 35 heavy (non-hydrogen) atoms. The predicted octanol–water partition coefficient (Wildman–Crippen LogP) is 5.24. The molecule has 0 saturated heterocycles. The Bertz CT molecular complexity index is 1400. The Kier molecular flexibility index (Phi) is 6.27. The van der Waals surface area contributed by atoms with Gasteiger partial charge in [0.2, 0.25) is 0 Å². The molecule has 4 rings (SSSR count). The number of carbonyl (C=O) groups is 1. The van der Waals surface area contributed by atoms with Gasteiger partial charge in [-0.2, -0.15) is 5.11 Å². The Labute approximate surface area is 202 Å². The second kappa shape index (κ2) is 9.19. The molecule has 1 atom stereocenters. The van der Waals surface area contributed by atoms with E-state index in [2.05, 4.69) is 36.1 Å². The van der Waals surface area contributed by atoms with Crippen LogP contribution in [0.1, 0.15) is 37.6 Å². The minimum Gasteiger partial charge on any atom is -0.479 e. The van der Waals surface area contributed by atoms with Crippen LogP contribution in [0.5, 0.6) is 0 Å². The summed E-state index contributed by atoms with van der Waals surface area (Å²) in [6.07, 6.45) is 4.57. The van der Waals surface area contributed by atoms with E-state index in [0.29, 0.717) is 33.4 Å². The van der Waals surface area contributed by atoms with E-state index in [4.69, 9.17) is 0 Å². The highest BCUT2D eigenvalue weighted by atomic mass is 16.5. The average Bonchev–Trinajstić information content (AvgIpc) is 3.10. The molecule has 1 aromatic heterocycles. The Morgan fingerprint density at radius 2 is 1.80 bits per heavy atom. The number of azo groups is 1. The number of nitrogens with one attached hydrogen (secondary N) is 1. The summed E-state index contributed by atoms with van der Waals surface area (Å²) in [5.74, 6) is -1.17. The Balaban J connectivity index is 1.61. The van der Waals surface area contributed by atoms with Gasteiger partial charge in [0.25, 0.3) is 5.56 Å². The number of allylic oxidation sites excluding steroid dienone is 2. The van der Waals surface area contributed by atoms with Gasteiger partial charge in [0.15, 0.2) is 11.7 Å². The molecule has 0 bridgehead atoms. The van der Waals surface area contributed by atoms with Gasteiger partial charge in [-0.25, -0.2) is 14.5 Å². The van der Waals surface area contributed by atoms with Crippen molar-refractivity contribution >= 4 is 23.0 Å². The number of nitrogens with zero attached hydrogens (tertiary/aromatic N) is 4. The van der Waals surface area contributed by atoms with Gasteiger partial charge in [0, 0.05) is 5.56 Å². The van der Waals surface area contributed by atoms with Crippen LogP contribution < -0.4 is 5.56 Å². The number of aromatic nitrogens is 2. The molecule has 2 heterocycles. The van der Waals surface area contributed by atoms with E-state index in [1.165, 1.54) is 10.8 Å². The van der Waals surface area contributed by atoms with Gasteiger partial charge in [-0.15, -0.1) is 5.11 Å². The Hall–Kier alpha value is -4.24. The van der Waals surface area contributed by atoms with Crippen molar-refractivity contribution < 1.29 is 15.1 Å². The first-order valence-electron chi connectivity index (χ1n) is 11.1. The normalized spacial score (nSPS) is 16.1. The molecule has 0 saturated carbocycles. The molecule has 180 valence electrons. The van der Waals surface area contributed by atoms with Gasteiger partial charge < -0.3 is 5.11 Å². The van der Waals surface area contributed by atoms with E-state index in [1.807, 2.05) is 24.3 Å². The second-order valence-corrected chi connectivity index (χ2v) is 9.34. The lowest BCUT2D eigenvalue weighted by atomic mass is 9.87. The maximum atomic E-state index is 13.0. The molecular formula is C26H27N5O4. The third kappa shape index (κ3) is 4.85. The lowest BCUT2D eigenvalue weighted by Gasteiger charge is -2.27. The van der Waals surface area contributed by atoms with Gasteiger partial charge in [0.05, 0.1) is 22.8 Å². The van der Waals surface area contributed by atoms with Gasteiger partial charge >= 0.3 is 5.97 Å². The summed E-state index contributed by atoms with van der Waals surface area (Å²) in [4.78, 5) is 24.4. The average molecular weight is 474 g/mol. The molecule has 0 radical (unpaired) electrons. The van der Waals surface area contributed by atoms with E-state index >= 15 is 0 Å². The number of carboxylic acid groups (broad SMARTS) is 1. The van der Waals surface area contributed by atoms with E-state index in [1.54, 1.807) is 43.3 Å². The Morgan fingerprint density at radius 1 is 1.09 bits per heavy atom. The fraction of sp³-hybridized carbons (Fsp3) is 0.231. The molecule has 1 aliphatic rings. The number of aryl methyl sites for hydroxylation is 1. The van der Waals surface area contributed by atoms with Crippen LogP contribution in [-0.2, 0) is 10.2 Å². The smallest absolute Gasteiger partial charge is 0.332 e. The van der Waals surface area contributed by atoms with Crippen LogP contribution in [0, 0.1) is 6.92 Å². The number of benzene rings is 2. The molecule has 0 spiro atoms. The highest BCUT2D eigenvalue weighted by molar-refractivity contribution is 5.81. The van der Waals surface area contributed by atoms with Crippen molar-refractivity contribution in [2.75, 3.05) is 0 Å². The van der Waals surface area contributed by atoms with Crippen molar-refractivity contribution in [1.82, 2.24) is 14.8 Å². The first kappa shape index (κ1) is 23.9. The summed E-state index contributed by atoms with van der Waals surface area (Å²) in [6.45, 7) is 8.14. The molecule has 0 fully saturated rings. The van der Waals surface area contributed by atoms with Gasteiger partial charge in [-0.05, 0) is 54.3 Å². The molecule has 0 amide bonds. The van der Waals surface area contributed by atoms with E-state index in [0.717, 1.165) is 5.56 Å². The molecule has 0 aliphatic carbocycles. The largest absolute Gasteiger partial charge is 0.479 e. The molecule has 1 unspecified atom stereocenters. The van der Waals surface area contributed by atoms with Crippen molar-refractivity contribution in [2.45, 2.75) is 39.2 Å². The molecule has 3 N–H and O–H groups in total. The monoisotopic (exact) mass is 473 g/mol. The van der Waals surface area contributed by atoms with Crippen molar-refractivity contribution in [3.63, 3.8) is 0 Å². The molecule has 9 nitrogen and oxygen atoms in total. The minimum absolute atomic E-state index is 0.00854. The number of H-pyrrole nitrogens is 1. The SMILES string of the molecule is Cc1[nH]n(-c2ccc(C(C)(C)C)cc2)c(=O)c1N=Nc1cccc(C2=CC=CC(C(=O)O)N2O)c1. The number of hydrogen-bond donors (Lipinski definition) is 3. The number of hydrogen-bond acceptors (Lipinski definition) is 6. The van der Waals surface area contributed by atoms with Gasteiger partial charge in [0.1, 0.15) is 0 Å². The van der Waals surface area contributed by atoms with Gasteiger partial charge in [-0.1, -0.05) is 51.1 Å². The van der Waals surface area contributed by atoms with Crippen LogP contribution in [0.15, 0.2) is 81.8 Å². The van der Waals surface area contributed by atoms with Gasteiger partial charge in [-0.3, -0.25) is 15.1 Å². The molecule has 2 aromatic carbocycles. The fourth-order valence-electron chi connectivity index (χ4n) is 3.76. The first-order chi connectivity index (χ1) is 16.6. The molecular weight excluding hydrogens is 446 g/mol. The van der Waals surface area contributed by atoms with Crippen LogP contribution in [0.2, 0.25) is 0 Å². The van der Waals surface area contributed by atoms with Crippen molar-refractivity contribution in [1.29, 1.82) is 0 Å². The number of rotatable bonds is 5. The zero-order valence-corrected chi connectivity index (χ0v) is 19.9. The van der Waals surface area contributed by atoms with Crippen LogP contribution in [-0.4, -0.2) is 37.2 Å². The third-order valence-electron chi connectivity index (χ3n) is 5.75. The fourth-order valence-corrected chi connectivity index (χ4v) is 3.76. The third-order valence-corrected chi connectivity index (χ3v) is 5.75. The lowest BCUT2D eigenvalue weighted by Crippen LogP contribution is -2.37. The zero-order chi connectivity index (χ0) is 25.3. The number of aliphatic carboxylic acids is 1. The summed E-state index contributed by atoms with van der Waals surface area (Å²) >= 11 is 0. The van der Waals surface area contributed by atoms with Crippen molar-refractivity contribution in [2.24, 2.45) is 10.2 Å². The van der Waals surface area contributed by atoms with Crippen molar-refractivity contribution in [3.05, 3.63) is 93.9 Å². The molecule has 1 aliphatic heterocycles. The summed E-state index contributed by atoms with van der Waals surface area (Å²) in [5, 5.41) is 31.7. The van der Waals surface area contributed by atoms with Crippen LogP contribution >= 0.6 is 0 Å². The second-order valence-electron chi connectivity index (χ2n) is 9.34. The number of aromatic amines is 1. The predicted molar refractivity (Wildman–Crippen MR) is 133 cm³/mol. The summed E-state index contributed by atoms with van der Waals surface area (Å²) < 4.78 is 1.43. The van der Waals surface area contributed by atoms with Crippen molar-refractivity contribution in [3.8, 4) is 5.69 Å². The highest BCUT2D eigenvalue weighted by Gasteiger charge is 2.26. The lowest BCUT2D eigenvalue weighted by molar-refractivity contribution is -0.151. The maximum Gasteiger partial charge on any atom is 0.332 e. The first-order valence-corrected chi connectivity index (χ1v) is 11.1. The summed E-state index contributed by atoms with van der Waals surface area (Å²) in [5.41, 5.74) is 3.62. The quantitative estimate of drug-likeness (QED) is 0.437. The van der Waals surface area contributed by atoms with E-state index in [9.17, 15) is 19.9 Å². The topological polar surface area (TPSA) is 123 Å². The summed E-state index contributed by atoms with van der Waals surface area (Å²) in [7, 11) is 0. The number of carboxylic acids is 1.